The molecular formula is C14H23N3O3. The summed E-state index contributed by atoms with van der Waals surface area (Å²) in [6, 6.07) is 0.165. The molecule has 3 aliphatic rings. The van der Waals surface area contributed by atoms with Crippen molar-refractivity contribution in [2.75, 3.05) is 26.7 Å². The first-order valence-electron chi connectivity index (χ1n) is 7.51. The molecule has 0 aromatic carbocycles. The number of amides is 2. The maximum Gasteiger partial charge on any atom is 0.239 e. The zero-order valence-electron chi connectivity index (χ0n) is 11.9. The number of hydrogen-bond acceptors (Lipinski definition) is 4. The van der Waals surface area contributed by atoms with Gasteiger partial charge in [-0.05, 0) is 25.2 Å². The van der Waals surface area contributed by atoms with E-state index in [-0.39, 0.29) is 30.0 Å². The number of rotatable bonds is 2. The molecule has 2 amide bonds. The van der Waals surface area contributed by atoms with E-state index in [0.717, 1.165) is 38.9 Å². The highest BCUT2D eigenvalue weighted by molar-refractivity contribution is 5.82. The molecule has 2 N–H and O–H groups in total. The van der Waals surface area contributed by atoms with E-state index in [1.807, 2.05) is 4.90 Å². The number of fused-ring (bicyclic) bond motifs is 1. The highest BCUT2D eigenvalue weighted by Gasteiger charge is 2.38. The van der Waals surface area contributed by atoms with Gasteiger partial charge < -0.3 is 20.3 Å². The molecule has 0 saturated carbocycles. The highest BCUT2D eigenvalue weighted by Crippen LogP contribution is 2.26. The van der Waals surface area contributed by atoms with Crippen LogP contribution in [0.2, 0.25) is 0 Å². The molecule has 3 heterocycles. The quantitative estimate of drug-likeness (QED) is 0.715. The molecule has 4 unspecified atom stereocenters. The average Bonchev–Trinajstić information content (AvgIpc) is 2.95. The van der Waals surface area contributed by atoms with Gasteiger partial charge in [-0.3, -0.25) is 9.59 Å². The third kappa shape index (κ3) is 2.67. The van der Waals surface area contributed by atoms with Crippen LogP contribution in [0.1, 0.15) is 25.7 Å². The Labute approximate surface area is 119 Å². The minimum atomic E-state index is -0.102. The van der Waals surface area contributed by atoms with Gasteiger partial charge in [0.25, 0.3) is 0 Å². The smallest absolute Gasteiger partial charge is 0.239 e. The van der Waals surface area contributed by atoms with Gasteiger partial charge in [-0.1, -0.05) is 0 Å². The number of piperidine rings is 2. The topological polar surface area (TPSA) is 70.7 Å². The van der Waals surface area contributed by atoms with E-state index in [9.17, 15) is 9.59 Å². The summed E-state index contributed by atoms with van der Waals surface area (Å²) in [4.78, 5) is 25.9. The number of carbonyl (C=O) groups excluding carboxylic acids is 2. The van der Waals surface area contributed by atoms with Crippen LogP contribution in [-0.2, 0) is 14.3 Å². The summed E-state index contributed by atoms with van der Waals surface area (Å²) in [6.45, 7) is 2.28. The summed E-state index contributed by atoms with van der Waals surface area (Å²) in [5.74, 6) is 0.774. The van der Waals surface area contributed by atoms with Crippen LogP contribution in [-0.4, -0.2) is 61.6 Å². The van der Waals surface area contributed by atoms with Gasteiger partial charge in [0.15, 0.2) is 0 Å². The lowest BCUT2D eigenvalue weighted by molar-refractivity contribution is -0.136. The van der Waals surface area contributed by atoms with Crippen LogP contribution < -0.4 is 10.6 Å². The summed E-state index contributed by atoms with van der Waals surface area (Å²) in [6.07, 6.45) is 3.28. The van der Waals surface area contributed by atoms with Crippen molar-refractivity contribution in [1.29, 1.82) is 0 Å². The molecule has 0 aromatic rings. The number of hydrogen-bond donors (Lipinski definition) is 2. The van der Waals surface area contributed by atoms with Crippen molar-refractivity contribution in [2.24, 2.45) is 5.92 Å². The molecule has 6 heteroatoms. The molecule has 0 radical (unpaired) electrons. The van der Waals surface area contributed by atoms with Crippen molar-refractivity contribution in [1.82, 2.24) is 15.5 Å². The zero-order chi connectivity index (χ0) is 14.1. The van der Waals surface area contributed by atoms with Crippen LogP contribution in [0.5, 0.6) is 0 Å². The van der Waals surface area contributed by atoms with Crippen LogP contribution in [0.4, 0.5) is 0 Å². The fourth-order valence-electron chi connectivity index (χ4n) is 3.60. The predicted octanol–water partition coefficient (Wildman–Crippen LogP) is -0.510. The largest absolute Gasteiger partial charge is 0.380 e. The Balaban J connectivity index is 1.56. The monoisotopic (exact) mass is 281 g/mol. The number of carbonyl (C=O) groups is 2. The van der Waals surface area contributed by atoms with Crippen molar-refractivity contribution in [3.63, 3.8) is 0 Å². The fourth-order valence-corrected chi connectivity index (χ4v) is 3.60. The van der Waals surface area contributed by atoms with E-state index in [0.29, 0.717) is 12.3 Å². The molecular weight excluding hydrogens is 258 g/mol. The van der Waals surface area contributed by atoms with E-state index < -0.39 is 0 Å². The van der Waals surface area contributed by atoms with Crippen molar-refractivity contribution in [2.45, 2.75) is 43.9 Å². The van der Waals surface area contributed by atoms with E-state index >= 15 is 0 Å². The van der Waals surface area contributed by atoms with Gasteiger partial charge >= 0.3 is 0 Å². The first-order chi connectivity index (χ1) is 9.67. The Hall–Kier alpha value is -1.14. The van der Waals surface area contributed by atoms with E-state index in [2.05, 4.69) is 10.6 Å². The third-order valence-electron chi connectivity index (χ3n) is 4.86. The summed E-state index contributed by atoms with van der Waals surface area (Å²) in [5, 5.41) is 6.30. The maximum atomic E-state index is 12.5. The number of ether oxygens (including phenoxy) is 1. The molecule has 4 atom stereocenters. The predicted molar refractivity (Wildman–Crippen MR) is 73.1 cm³/mol. The van der Waals surface area contributed by atoms with Crippen LogP contribution in [0, 0.1) is 5.92 Å². The van der Waals surface area contributed by atoms with E-state index in [1.54, 1.807) is 7.11 Å². The lowest BCUT2D eigenvalue weighted by Gasteiger charge is -2.42. The zero-order valence-corrected chi connectivity index (χ0v) is 11.9. The number of nitrogens with one attached hydrogen (secondary N) is 2. The van der Waals surface area contributed by atoms with Crippen LogP contribution in [0.3, 0.4) is 0 Å². The Morgan fingerprint density at radius 3 is 3.00 bits per heavy atom. The second-order valence-electron chi connectivity index (χ2n) is 6.10. The van der Waals surface area contributed by atoms with Crippen molar-refractivity contribution >= 4 is 11.8 Å². The number of methoxy groups -OCH3 is 1. The Morgan fingerprint density at radius 2 is 2.25 bits per heavy atom. The highest BCUT2D eigenvalue weighted by atomic mass is 16.5. The first kappa shape index (κ1) is 13.8. The van der Waals surface area contributed by atoms with Crippen molar-refractivity contribution in [3.8, 4) is 0 Å². The van der Waals surface area contributed by atoms with E-state index in [1.165, 1.54) is 0 Å². The first-order valence-corrected chi connectivity index (χ1v) is 7.51. The third-order valence-corrected chi connectivity index (χ3v) is 4.86. The van der Waals surface area contributed by atoms with Crippen LogP contribution in [0.15, 0.2) is 0 Å². The Kier molecular flexibility index (Phi) is 3.94. The van der Waals surface area contributed by atoms with E-state index in [4.69, 9.17) is 4.74 Å². The minimum absolute atomic E-state index is 0.102. The Morgan fingerprint density at radius 1 is 1.40 bits per heavy atom. The number of nitrogens with zero attached hydrogens (tertiary/aromatic N) is 1. The molecule has 0 aliphatic carbocycles. The second-order valence-corrected chi connectivity index (χ2v) is 6.10. The van der Waals surface area contributed by atoms with Crippen molar-refractivity contribution < 1.29 is 14.3 Å². The van der Waals surface area contributed by atoms with Crippen molar-refractivity contribution in [3.05, 3.63) is 0 Å². The molecule has 20 heavy (non-hydrogen) atoms. The maximum absolute atomic E-state index is 12.5. The van der Waals surface area contributed by atoms with Gasteiger partial charge in [0, 0.05) is 39.2 Å². The molecule has 0 aromatic heterocycles. The molecule has 3 saturated heterocycles. The minimum Gasteiger partial charge on any atom is -0.380 e. The lowest BCUT2D eigenvalue weighted by atomic mass is 9.85. The van der Waals surface area contributed by atoms with Gasteiger partial charge in [0.05, 0.1) is 12.1 Å². The molecule has 3 fully saturated rings. The molecule has 6 nitrogen and oxygen atoms in total. The van der Waals surface area contributed by atoms with Crippen LogP contribution in [0.25, 0.3) is 0 Å². The summed E-state index contributed by atoms with van der Waals surface area (Å²) < 4.78 is 5.30. The molecule has 3 aliphatic heterocycles. The SMILES string of the molecule is COC1CNC(C(=O)N2CCC3NC(=O)CCC3C2)C1. The molecule has 112 valence electrons. The standard InChI is InChI=1S/C14H23N3O3/c1-20-10-6-12(15-7-10)14(19)17-5-4-11-9(8-17)2-3-13(18)16-11/h9-12,15H,2-8H2,1H3,(H,16,18). The molecule has 3 rings (SSSR count). The number of likely N-dealkylation sites (tertiary alicyclic amines) is 1. The van der Waals surface area contributed by atoms with Gasteiger partial charge in [-0.15, -0.1) is 0 Å². The van der Waals surface area contributed by atoms with Gasteiger partial charge in [0.1, 0.15) is 0 Å². The fraction of sp³-hybridized carbons (Fsp3) is 0.857. The summed E-state index contributed by atoms with van der Waals surface area (Å²) in [5.41, 5.74) is 0. The van der Waals surface area contributed by atoms with Gasteiger partial charge in [-0.25, -0.2) is 0 Å². The van der Waals surface area contributed by atoms with Gasteiger partial charge in [-0.2, -0.15) is 0 Å². The summed E-state index contributed by atoms with van der Waals surface area (Å²) >= 11 is 0. The van der Waals surface area contributed by atoms with Crippen LogP contribution >= 0.6 is 0 Å². The molecule has 0 bridgehead atoms. The summed E-state index contributed by atoms with van der Waals surface area (Å²) in [7, 11) is 1.69. The Bertz CT molecular complexity index is 401. The normalized spacial score (nSPS) is 37.5. The average molecular weight is 281 g/mol. The molecule has 0 spiro atoms. The lowest BCUT2D eigenvalue weighted by Crippen LogP contribution is -2.57. The second kappa shape index (κ2) is 5.69. The van der Waals surface area contributed by atoms with Gasteiger partial charge in [0.2, 0.25) is 11.8 Å².